The number of sulfonamides is 1. The Balaban J connectivity index is 2.18. The summed E-state index contributed by atoms with van der Waals surface area (Å²) in [5.74, 6) is -0.587. The number of pyridine rings is 1. The quantitative estimate of drug-likeness (QED) is 0.877. The number of aromatic nitrogens is 1. The number of hydrogen-bond donors (Lipinski definition) is 1. The second-order valence-electron chi connectivity index (χ2n) is 5.26. The molecule has 0 radical (unpaired) electrons. The van der Waals surface area contributed by atoms with Crippen LogP contribution in [0.2, 0.25) is 0 Å². The van der Waals surface area contributed by atoms with Crippen molar-refractivity contribution in [1.82, 2.24) is 9.29 Å². The Labute approximate surface area is 124 Å². The first-order valence-corrected chi connectivity index (χ1v) is 8.12. The second kappa shape index (κ2) is 5.98. The Morgan fingerprint density at radius 3 is 2.67 bits per heavy atom. The molecular weight excluding hydrogens is 294 g/mol. The van der Waals surface area contributed by atoms with Crippen molar-refractivity contribution in [1.29, 1.82) is 0 Å². The fourth-order valence-corrected chi connectivity index (χ4v) is 3.16. The average molecular weight is 313 g/mol. The van der Waals surface area contributed by atoms with E-state index in [1.807, 2.05) is 4.90 Å². The molecule has 0 aromatic carbocycles. The molecule has 1 aromatic rings. The van der Waals surface area contributed by atoms with E-state index in [1.165, 1.54) is 26.4 Å². The molecule has 2 heterocycles. The lowest BCUT2D eigenvalue weighted by atomic mass is 9.98. The van der Waals surface area contributed by atoms with Crippen molar-refractivity contribution in [2.45, 2.75) is 17.7 Å². The molecule has 0 spiro atoms. The molecule has 7 nitrogen and oxygen atoms in total. The van der Waals surface area contributed by atoms with Gasteiger partial charge in [-0.25, -0.2) is 17.7 Å². The molecule has 0 bridgehead atoms. The average Bonchev–Trinajstić information content (AvgIpc) is 2.47. The van der Waals surface area contributed by atoms with E-state index in [-0.39, 0.29) is 4.90 Å². The van der Waals surface area contributed by atoms with E-state index >= 15 is 0 Å². The first kappa shape index (κ1) is 15.7. The van der Waals surface area contributed by atoms with Gasteiger partial charge in [-0.3, -0.25) is 4.79 Å². The SMILES string of the molecule is CN(C)S(=O)(=O)c1ccc(N2CCCC(C(=O)O)C2)nc1. The summed E-state index contributed by atoms with van der Waals surface area (Å²) in [6, 6.07) is 3.13. The lowest BCUT2D eigenvalue weighted by molar-refractivity contribution is -0.141. The summed E-state index contributed by atoms with van der Waals surface area (Å²) in [6.45, 7) is 1.14. The molecule has 1 aliphatic heterocycles. The van der Waals surface area contributed by atoms with E-state index in [0.29, 0.717) is 18.8 Å². The van der Waals surface area contributed by atoms with E-state index in [2.05, 4.69) is 4.98 Å². The van der Waals surface area contributed by atoms with Crippen LogP contribution in [0.1, 0.15) is 12.8 Å². The molecule has 1 saturated heterocycles. The topological polar surface area (TPSA) is 90.8 Å². The van der Waals surface area contributed by atoms with Crippen LogP contribution in [-0.2, 0) is 14.8 Å². The Hall–Kier alpha value is -1.67. The maximum absolute atomic E-state index is 12.0. The number of nitrogens with zero attached hydrogens (tertiary/aromatic N) is 3. The van der Waals surface area contributed by atoms with Crippen molar-refractivity contribution in [3.63, 3.8) is 0 Å². The summed E-state index contributed by atoms with van der Waals surface area (Å²) in [5, 5.41) is 9.08. The molecule has 1 N–H and O–H groups in total. The third kappa shape index (κ3) is 3.33. The fourth-order valence-electron chi connectivity index (χ4n) is 2.31. The zero-order valence-electron chi connectivity index (χ0n) is 12.1. The van der Waals surface area contributed by atoms with Crippen molar-refractivity contribution < 1.29 is 18.3 Å². The van der Waals surface area contributed by atoms with Crippen LogP contribution < -0.4 is 4.90 Å². The number of rotatable bonds is 4. The van der Waals surface area contributed by atoms with Gasteiger partial charge in [-0.05, 0) is 25.0 Å². The van der Waals surface area contributed by atoms with Gasteiger partial charge in [-0.2, -0.15) is 0 Å². The largest absolute Gasteiger partial charge is 0.481 e. The summed E-state index contributed by atoms with van der Waals surface area (Å²) < 4.78 is 25.0. The zero-order valence-corrected chi connectivity index (χ0v) is 12.9. The molecule has 1 aromatic heterocycles. The van der Waals surface area contributed by atoms with Gasteiger partial charge in [-0.15, -0.1) is 0 Å². The van der Waals surface area contributed by atoms with Gasteiger partial charge in [0.25, 0.3) is 0 Å². The van der Waals surface area contributed by atoms with Crippen LogP contribution in [0.25, 0.3) is 0 Å². The van der Waals surface area contributed by atoms with Crippen molar-refractivity contribution in [2.24, 2.45) is 5.92 Å². The van der Waals surface area contributed by atoms with Gasteiger partial charge in [0.15, 0.2) is 0 Å². The first-order valence-electron chi connectivity index (χ1n) is 6.68. The van der Waals surface area contributed by atoms with Crippen molar-refractivity contribution >= 4 is 21.8 Å². The third-order valence-corrected chi connectivity index (χ3v) is 5.39. The maximum Gasteiger partial charge on any atom is 0.308 e. The number of carboxylic acids is 1. The normalized spacial score (nSPS) is 19.8. The summed E-state index contributed by atoms with van der Waals surface area (Å²) in [7, 11) is -0.563. The number of carbonyl (C=O) groups is 1. The van der Waals surface area contributed by atoms with Crippen LogP contribution in [-0.4, -0.2) is 56.0 Å². The van der Waals surface area contributed by atoms with Gasteiger partial charge in [-0.1, -0.05) is 0 Å². The van der Waals surface area contributed by atoms with E-state index in [1.54, 1.807) is 6.07 Å². The lowest BCUT2D eigenvalue weighted by Crippen LogP contribution is -2.39. The van der Waals surface area contributed by atoms with Gasteiger partial charge in [0, 0.05) is 33.4 Å². The summed E-state index contributed by atoms with van der Waals surface area (Å²) in [4.78, 5) is 17.2. The molecule has 116 valence electrons. The second-order valence-corrected chi connectivity index (χ2v) is 7.41. The van der Waals surface area contributed by atoms with Gasteiger partial charge in [0.2, 0.25) is 10.0 Å². The van der Waals surface area contributed by atoms with Crippen molar-refractivity contribution in [3.8, 4) is 0 Å². The minimum atomic E-state index is -3.49. The van der Waals surface area contributed by atoms with Crippen LogP contribution in [0.4, 0.5) is 5.82 Å². The molecular formula is C13H19N3O4S. The number of carboxylic acid groups (broad SMARTS) is 1. The molecule has 21 heavy (non-hydrogen) atoms. The highest BCUT2D eigenvalue weighted by Gasteiger charge is 2.26. The minimum absolute atomic E-state index is 0.128. The Morgan fingerprint density at radius 2 is 2.14 bits per heavy atom. The van der Waals surface area contributed by atoms with Crippen molar-refractivity contribution in [2.75, 3.05) is 32.1 Å². The van der Waals surface area contributed by atoms with E-state index in [9.17, 15) is 13.2 Å². The van der Waals surface area contributed by atoms with Crippen LogP contribution in [0.15, 0.2) is 23.2 Å². The Kier molecular flexibility index (Phi) is 4.48. The third-order valence-electron chi connectivity index (χ3n) is 3.59. The summed E-state index contributed by atoms with van der Waals surface area (Å²) in [5.41, 5.74) is 0. The highest BCUT2D eigenvalue weighted by Crippen LogP contribution is 2.23. The standard InChI is InChI=1S/C13H19N3O4S/c1-15(2)21(19,20)11-5-6-12(14-8-11)16-7-3-4-10(9-16)13(17)18/h5-6,8,10H,3-4,7,9H2,1-2H3,(H,17,18). The maximum atomic E-state index is 12.0. The first-order chi connectivity index (χ1) is 9.82. The molecule has 1 aliphatic rings. The zero-order chi connectivity index (χ0) is 15.6. The van der Waals surface area contributed by atoms with Crippen LogP contribution in [0.3, 0.4) is 0 Å². The minimum Gasteiger partial charge on any atom is -0.481 e. The van der Waals surface area contributed by atoms with Gasteiger partial charge >= 0.3 is 5.97 Å². The van der Waals surface area contributed by atoms with E-state index in [4.69, 9.17) is 5.11 Å². The molecule has 8 heteroatoms. The van der Waals surface area contributed by atoms with Gasteiger partial charge < -0.3 is 10.0 Å². The molecule has 0 aliphatic carbocycles. The van der Waals surface area contributed by atoms with Gasteiger partial charge in [0.05, 0.1) is 5.92 Å². The number of piperidine rings is 1. The molecule has 1 unspecified atom stereocenters. The van der Waals surface area contributed by atoms with Crippen LogP contribution in [0, 0.1) is 5.92 Å². The van der Waals surface area contributed by atoms with Crippen LogP contribution in [0.5, 0.6) is 0 Å². The Bertz CT molecular complexity index is 613. The molecule has 1 atom stereocenters. The fraction of sp³-hybridized carbons (Fsp3) is 0.538. The predicted octanol–water partition coefficient (Wildman–Crippen LogP) is 0.633. The number of hydrogen-bond acceptors (Lipinski definition) is 5. The number of aliphatic carboxylic acids is 1. The monoisotopic (exact) mass is 313 g/mol. The molecule has 0 amide bonds. The summed E-state index contributed by atoms with van der Waals surface area (Å²) >= 11 is 0. The smallest absolute Gasteiger partial charge is 0.308 e. The lowest BCUT2D eigenvalue weighted by Gasteiger charge is -2.31. The van der Waals surface area contributed by atoms with Gasteiger partial charge in [0.1, 0.15) is 10.7 Å². The summed E-state index contributed by atoms with van der Waals surface area (Å²) in [6.07, 6.45) is 2.77. The molecule has 0 saturated carbocycles. The van der Waals surface area contributed by atoms with E-state index in [0.717, 1.165) is 17.3 Å². The molecule has 2 rings (SSSR count). The van der Waals surface area contributed by atoms with Crippen molar-refractivity contribution in [3.05, 3.63) is 18.3 Å². The Morgan fingerprint density at radius 1 is 1.43 bits per heavy atom. The highest BCUT2D eigenvalue weighted by molar-refractivity contribution is 7.89. The predicted molar refractivity (Wildman–Crippen MR) is 77.7 cm³/mol. The highest BCUT2D eigenvalue weighted by atomic mass is 32.2. The molecule has 1 fully saturated rings. The number of anilines is 1. The van der Waals surface area contributed by atoms with E-state index < -0.39 is 21.9 Å². The van der Waals surface area contributed by atoms with Crippen LogP contribution >= 0.6 is 0 Å².